The quantitative estimate of drug-likeness (QED) is 0.817. The molecule has 7 nitrogen and oxygen atoms in total. The standard InChI is InChI=1S/C18H16Cl2N2O5/c1-25-15-7-16(26-2)12(6-11(15)20)21-17(23)8-22-13-5-10(19)3-4-14(13)27-9-18(22)24/h3-7H,8-9H2,1-2H3,(H,21,23). The molecule has 0 unspecified atom stereocenters. The summed E-state index contributed by atoms with van der Waals surface area (Å²) in [6.07, 6.45) is 0. The molecule has 0 atom stereocenters. The van der Waals surface area contributed by atoms with Crippen LogP contribution in [0.4, 0.5) is 11.4 Å². The third kappa shape index (κ3) is 4.04. The van der Waals surface area contributed by atoms with Gasteiger partial charge in [0.15, 0.2) is 6.61 Å². The Morgan fingerprint density at radius 1 is 1.19 bits per heavy atom. The van der Waals surface area contributed by atoms with Crippen LogP contribution >= 0.6 is 23.2 Å². The maximum atomic E-state index is 12.5. The Kier molecular flexibility index (Phi) is 5.62. The van der Waals surface area contributed by atoms with Gasteiger partial charge in [-0.25, -0.2) is 0 Å². The average Bonchev–Trinajstić information content (AvgIpc) is 2.64. The maximum Gasteiger partial charge on any atom is 0.265 e. The lowest BCUT2D eigenvalue weighted by atomic mass is 10.2. The predicted molar refractivity (Wildman–Crippen MR) is 102 cm³/mol. The number of nitrogens with one attached hydrogen (secondary N) is 1. The van der Waals surface area contributed by atoms with E-state index in [0.29, 0.717) is 38.7 Å². The highest BCUT2D eigenvalue weighted by Crippen LogP contribution is 2.37. The number of methoxy groups -OCH3 is 2. The van der Waals surface area contributed by atoms with E-state index in [4.69, 9.17) is 37.4 Å². The lowest BCUT2D eigenvalue weighted by Gasteiger charge is -2.29. The van der Waals surface area contributed by atoms with Gasteiger partial charge in [0.05, 0.1) is 30.6 Å². The Bertz CT molecular complexity index is 904. The SMILES string of the molecule is COc1cc(OC)c(NC(=O)CN2C(=O)COc3ccc(Cl)cc32)cc1Cl. The molecule has 0 fully saturated rings. The Labute approximate surface area is 165 Å². The van der Waals surface area contributed by atoms with Gasteiger partial charge in [0.2, 0.25) is 5.91 Å². The van der Waals surface area contributed by atoms with Gasteiger partial charge in [0, 0.05) is 11.1 Å². The second-order valence-corrected chi connectivity index (χ2v) is 6.46. The predicted octanol–water partition coefficient (Wildman–Crippen LogP) is 3.37. The fraction of sp³-hybridized carbons (Fsp3) is 0.222. The van der Waals surface area contributed by atoms with Crippen LogP contribution in [0.5, 0.6) is 17.2 Å². The van der Waals surface area contributed by atoms with Crippen molar-refractivity contribution in [3.8, 4) is 17.2 Å². The summed E-state index contributed by atoms with van der Waals surface area (Å²) in [6, 6.07) is 7.96. The van der Waals surface area contributed by atoms with Crippen molar-refractivity contribution in [2.75, 3.05) is 37.6 Å². The number of halogens is 2. The Hall–Kier alpha value is -2.64. The van der Waals surface area contributed by atoms with Crippen LogP contribution in [0.2, 0.25) is 10.0 Å². The summed E-state index contributed by atoms with van der Waals surface area (Å²) < 4.78 is 15.8. The summed E-state index contributed by atoms with van der Waals surface area (Å²) >= 11 is 12.1. The third-order valence-corrected chi connectivity index (χ3v) is 4.44. The molecule has 2 aromatic carbocycles. The molecule has 0 spiro atoms. The van der Waals surface area contributed by atoms with E-state index >= 15 is 0 Å². The molecule has 27 heavy (non-hydrogen) atoms. The summed E-state index contributed by atoms with van der Waals surface area (Å²) in [6.45, 7) is -0.373. The number of fused-ring (bicyclic) bond motifs is 1. The molecule has 142 valence electrons. The number of anilines is 2. The molecular weight excluding hydrogens is 395 g/mol. The van der Waals surface area contributed by atoms with E-state index in [-0.39, 0.29) is 19.1 Å². The zero-order valence-electron chi connectivity index (χ0n) is 14.5. The van der Waals surface area contributed by atoms with Gasteiger partial charge in [-0.15, -0.1) is 0 Å². The van der Waals surface area contributed by atoms with E-state index in [2.05, 4.69) is 5.32 Å². The van der Waals surface area contributed by atoms with Crippen molar-refractivity contribution in [3.05, 3.63) is 40.4 Å². The van der Waals surface area contributed by atoms with E-state index < -0.39 is 5.91 Å². The number of rotatable bonds is 5. The lowest BCUT2D eigenvalue weighted by Crippen LogP contribution is -2.43. The first-order valence-electron chi connectivity index (χ1n) is 7.87. The normalized spacial score (nSPS) is 12.9. The van der Waals surface area contributed by atoms with Crippen molar-refractivity contribution in [2.45, 2.75) is 0 Å². The van der Waals surface area contributed by atoms with Crippen LogP contribution in [0.1, 0.15) is 0 Å². The number of carbonyl (C=O) groups excluding carboxylic acids is 2. The fourth-order valence-electron chi connectivity index (χ4n) is 2.64. The second kappa shape index (κ2) is 7.94. The van der Waals surface area contributed by atoms with Crippen molar-refractivity contribution in [2.24, 2.45) is 0 Å². The van der Waals surface area contributed by atoms with E-state index in [9.17, 15) is 9.59 Å². The molecule has 1 N–H and O–H groups in total. The molecule has 0 radical (unpaired) electrons. The highest BCUT2D eigenvalue weighted by atomic mass is 35.5. The van der Waals surface area contributed by atoms with Gasteiger partial charge >= 0.3 is 0 Å². The minimum Gasteiger partial charge on any atom is -0.495 e. The highest BCUT2D eigenvalue weighted by molar-refractivity contribution is 6.32. The minimum atomic E-state index is -0.435. The average molecular weight is 411 g/mol. The largest absolute Gasteiger partial charge is 0.495 e. The van der Waals surface area contributed by atoms with Gasteiger partial charge in [0.1, 0.15) is 23.8 Å². The van der Waals surface area contributed by atoms with Crippen LogP contribution in [0.15, 0.2) is 30.3 Å². The zero-order valence-corrected chi connectivity index (χ0v) is 16.1. The molecule has 0 bridgehead atoms. The van der Waals surface area contributed by atoms with E-state index in [1.807, 2.05) is 0 Å². The van der Waals surface area contributed by atoms with Gasteiger partial charge in [-0.2, -0.15) is 0 Å². The molecule has 0 saturated carbocycles. The Morgan fingerprint density at radius 3 is 2.63 bits per heavy atom. The monoisotopic (exact) mass is 410 g/mol. The second-order valence-electron chi connectivity index (χ2n) is 5.62. The van der Waals surface area contributed by atoms with Gasteiger partial charge in [-0.3, -0.25) is 14.5 Å². The molecule has 9 heteroatoms. The number of amides is 2. The molecule has 2 aromatic rings. The highest BCUT2D eigenvalue weighted by Gasteiger charge is 2.28. The number of carbonyl (C=O) groups is 2. The van der Waals surface area contributed by atoms with Crippen molar-refractivity contribution in [1.82, 2.24) is 0 Å². The lowest BCUT2D eigenvalue weighted by molar-refractivity contribution is -0.123. The molecule has 0 aliphatic carbocycles. The molecule has 1 heterocycles. The molecule has 3 rings (SSSR count). The first-order chi connectivity index (χ1) is 12.9. The molecule has 0 aromatic heterocycles. The van der Waals surface area contributed by atoms with E-state index in [1.165, 1.54) is 25.2 Å². The number of hydrogen-bond donors (Lipinski definition) is 1. The maximum absolute atomic E-state index is 12.5. The first-order valence-corrected chi connectivity index (χ1v) is 8.62. The van der Waals surface area contributed by atoms with Gasteiger partial charge < -0.3 is 19.5 Å². The Morgan fingerprint density at radius 2 is 1.93 bits per heavy atom. The van der Waals surface area contributed by atoms with Crippen LogP contribution in [0, 0.1) is 0 Å². The van der Waals surface area contributed by atoms with Crippen LogP contribution in [0.25, 0.3) is 0 Å². The summed E-state index contributed by atoms with van der Waals surface area (Å²) in [5.41, 5.74) is 0.800. The van der Waals surface area contributed by atoms with Gasteiger partial charge in [0.25, 0.3) is 5.91 Å². The first kappa shape index (κ1) is 19.1. The van der Waals surface area contributed by atoms with Crippen molar-refractivity contribution < 1.29 is 23.8 Å². The van der Waals surface area contributed by atoms with Crippen molar-refractivity contribution in [1.29, 1.82) is 0 Å². The summed E-state index contributed by atoms with van der Waals surface area (Å²) in [5.74, 6) is 0.493. The Balaban J connectivity index is 1.82. The third-order valence-electron chi connectivity index (χ3n) is 3.91. The van der Waals surface area contributed by atoms with Gasteiger partial charge in [-0.05, 0) is 24.3 Å². The number of hydrogen-bond acceptors (Lipinski definition) is 5. The van der Waals surface area contributed by atoms with E-state index in [0.717, 1.165) is 0 Å². The van der Waals surface area contributed by atoms with Crippen molar-refractivity contribution >= 4 is 46.4 Å². The van der Waals surface area contributed by atoms with Gasteiger partial charge in [-0.1, -0.05) is 23.2 Å². The molecule has 2 amide bonds. The van der Waals surface area contributed by atoms with Crippen molar-refractivity contribution in [3.63, 3.8) is 0 Å². The zero-order chi connectivity index (χ0) is 19.6. The summed E-state index contributed by atoms with van der Waals surface area (Å²) in [7, 11) is 2.94. The van der Waals surface area contributed by atoms with Crippen LogP contribution in [0.3, 0.4) is 0 Å². The fourth-order valence-corrected chi connectivity index (χ4v) is 3.05. The minimum absolute atomic E-state index is 0.153. The van der Waals surface area contributed by atoms with Crippen LogP contribution < -0.4 is 24.4 Å². The van der Waals surface area contributed by atoms with Crippen LogP contribution in [-0.4, -0.2) is 39.2 Å². The number of benzene rings is 2. The molecular formula is C18H16Cl2N2O5. The topological polar surface area (TPSA) is 77.1 Å². The van der Waals surface area contributed by atoms with Crippen LogP contribution in [-0.2, 0) is 9.59 Å². The molecule has 1 aliphatic rings. The van der Waals surface area contributed by atoms with E-state index in [1.54, 1.807) is 24.3 Å². The summed E-state index contributed by atoms with van der Waals surface area (Å²) in [4.78, 5) is 26.1. The smallest absolute Gasteiger partial charge is 0.265 e. The molecule has 1 aliphatic heterocycles. The number of ether oxygens (including phenoxy) is 3. The number of nitrogens with zero attached hydrogens (tertiary/aromatic N) is 1. The molecule has 0 saturated heterocycles. The summed E-state index contributed by atoms with van der Waals surface area (Å²) in [5, 5.41) is 3.44.